The maximum absolute atomic E-state index is 4.63. The summed E-state index contributed by atoms with van der Waals surface area (Å²) in [5.74, 6) is 0. The zero-order chi connectivity index (χ0) is 14.8. The van der Waals surface area contributed by atoms with E-state index in [1.54, 1.807) is 11.8 Å². The molecule has 0 radical (unpaired) electrons. The Bertz CT molecular complexity index is 604. The molecule has 0 fully saturated rings. The van der Waals surface area contributed by atoms with E-state index >= 15 is 0 Å². The molecular weight excluding hydrogens is 278 g/mol. The van der Waals surface area contributed by atoms with E-state index in [1.165, 1.54) is 16.8 Å². The summed E-state index contributed by atoms with van der Waals surface area (Å²) in [5.41, 5.74) is 6.08. The highest BCUT2D eigenvalue weighted by molar-refractivity contribution is 7.99. The van der Waals surface area contributed by atoms with Gasteiger partial charge in [0.25, 0.3) is 0 Å². The van der Waals surface area contributed by atoms with Gasteiger partial charge in [0.05, 0.1) is 0 Å². The molecule has 3 nitrogen and oxygen atoms in total. The largest absolute Gasteiger partial charge is 0.384 e. The van der Waals surface area contributed by atoms with E-state index in [0.717, 1.165) is 35.9 Å². The van der Waals surface area contributed by atoms with Crippen molar-refractivity contribution in [3.05, 3.63) is 46.8 Å². The van der Waals surface area contributed by atoms with Gasteiger partial charge in [-0.1, -0.05) is 30.0 Å². The molecule has 21 heavy (non-hydrogen) atoms. The second kappa shape index (κ2) is 6.06. The number of aryl methyl sites for hydroxylation is 3. The maximum Gasteiger partial charge on any atom is 0.188 e. The number of rotatable bonds is 2. The molecule has 1 aromatic heterocycles. The van der Waals surface area contributed by atoms with Gasteiger partial charge in [0.15, 0.2) is 5.16 Å². The van der Waals surface area contributed by atoms with Gasteiger partial charge in [-0.2, -0.15) is 0 Å². The van der Waals surface area contributed by atoms with Crippen LogP contribution in [0.2, 0.25) is 0 Å². The van der Waals surface area contributed by atoms with Gasteiger partial charge in [-0.25, -0.2) is 9.97 Å². The molecule has 4 heteroatoms. The van der Waals surface area contributed by atoms with E-state index in [1.807, 2.05) is 0 Å². The topological polar surface area (TPSA) is 37.8 Å². The van der Waals surface area contributed by atoms with Crippen LogP contribution in [0.4, 0.5) is 5.69 Å². The summed E-state index contributed by atoms with van der Waals surface area (Å²) in [6.07, 6.45) is 2.27. The minimum absolute atomic E-state index is 0.513. The number of hydrogen-bond donors (Lipinski definition) is 1. The van der Waals surface area contributed by atoms with E-state index in [0.29, 0.717) is 5.25 Å². The molecule has 0 aliphatic carbocycles. The number of para-hydroxylation sites is 1. The van der Waals surface area contributed by atoms with Gasteiger partial charge >= 0.3 is 0 Å². The van der Waals surface area contributed by atoms with Crippen LogP contribution in [0, 0.1) is 20.8 Å². The molecule has 0 amide bonds. The van der Waals surface area contributed by atoms with Crippen LogP contribution in [-0.2, 0) is 6.42 Å². The Morgan fingerprint density at radius 1 is 1.10 bits per heavy atom. The van der Waals surface area contributed by atoms with Crippen molar-refractivity contribution in [2.45, 2.75) is 44.0 Å². The molecule has 0 saturated carbocycles. The van der Waals surface area contributed by atoms with Gasteiger partial charge in [0, 0.05) is 28.9 Å². The van der Waals surface area contributed by atoms with Crippen molar-refractivity contribution in [1.29, 1.82) is 0 Å². The molecule has 0 saturated heterocycles. The highest BCUT2D eigenvalue weighted by Gasteiger charge is 2.18. The second-order valence-electron chi connectivity index (χ2n) is 5.62. The third kappa shape index (κ3) is 3.21. The zero-order valence-corrected chi connectivity index (χ0v) is 13.6. The average molecular weight is 299 g/mol. The lowest BCUT2D eigenvalue weighted by atomic mass is 10.1. The molecular formula is C17H21N3S. The van der Waals surface area contributed by atoms with E-state index in [2.05, 4.69) is 60.3 Å². The standard InChI is InChI=1S/C17H21N3S/c1-11-12(2)19-17(20-13(11)3)21-15-9-8-14-6-4-5-7-16(14)18-10-15/h4-7,15,18H,8-10H2,1-3H3. The Balaban J connectivity index is 1.73. The molecule has 1 N–H and O–H groups in total. The smallest absolute Gasteiger partial charge is 0.188 e. The van der Waals surface area contributed by atoms with E-state index in [4.69, 9.17) is 0 Å². The van der Waals surface area contributed by atoms with Crippen LogP contribution in [0.15, 0.2) is 29.4 Å². The first kappa shape index (κ1) is 14.4. The lowest BCUT2D eigenvalue weighted by molar-refractivity contribution is 0.791. The Kier molecular flexibility index (Phi) is 4.15. The molecule has 1 atom stereocenters. The summed E-state index contributed by atoms with van der Waals surface area (Å²) in [4.78, 5) is 9.26. The van der Waals surface area contributed by atoms with Gasteiger partial charge in [-0.15, -0.1) is 0 Å². The Labute approximate surface area is 130 Å². The number of hydrogen-bond acceptors (Lipinski definition) is 4. The Morgan fingerprint density at radius 3 is 2.57 bits per heavy atom. The summed E-state index contributed by atoms with van der Waals surface area (Å²) in [7, 11) is 0. The quantitative estimate of drug-likeness (QED) is 0.853. The van der Waals surface area contributed by atoms with E-state index in [-0.39, 0.29) is 0 Å². The van der Waals surface area contributed by atoms with Crippen molar-refractivity contribution < 1.29 is 0 Å². The van der Waals surface area contributed by atoms with Gasteiger partial charge < -0.3 is 5.32 Å². The molecule has 110 valence electrons. The van der Waals surface area contributed by atoms with Crippen LogP contribution in [0.1, 0.15) is 28.9 Å². The first-order chi connectivity index (χ1) is 10.1. The summed E-state index contributed by atoms with van der Waals surface area (Å²) in [6.45, 7) is 7.19. The van der Waals surface area contributed by atoms with Gasteiger partial charge in [0.1, 0.15) is 0 Å². The second-order valence-corrected chi connectivity index (χ2v) is 6.89. The average Bonchev–Trinajstić information content (AvgIpc) is 2.68. The number of nitrogens with zero attached hydrogens (tertiary/aromatic N) is 2. The Hall–Kier alpha value is -1.55. The van der Waals surface area contributed by atoms with Crippen LogP contribution in [0.25, 0.3) is 0 Å². The SMILES string of the molecule is Cc1nc(SC2CCc3ccccc3NC2)nc(C)c1C. The third-order valence-corrected chi connectivity index (χ3v) is 5.29. The summed E-state index contributed by atoms with van der Waals surface area (Å²) >= 11 is 1.80. The van der Waals surface area contributed by atoms with Crippen molar-refractivity contribution in [2.24, 2.45) is 0 Å². The summed E-state index contributed by atoms with van der Waals surface area (Å²) < 4.78 is 0. The number of aromatic nitrogens is 2. The van der Waals surface area contributed by atoms with Crippen LogP contribution in [0.3, 0.4) is 0 Å². The van der Waals surface area contributed by atoms with Gasteiger partial charge in [-0.3, -0.25) is 0 Å². The van der Waals surface area contributed by atoms with Crippen molar-refractivity contribution in [3.8, 4) is 0 Å². The van der Waals surface area contributed by atoms with Crippen molar-refractivity contribution in [3.63, 3.8) is 0 Å². The highest BCUT2D eigenvalue weighted by Crippen LogP contribution is 2.29. The van der Waals surface area contributed by atoms with Crippen LogP contribution in [-0.4, -0.2) is 21.8 Å². The lowest BCUT2D eigenvalue weighted by Crippen LogP contribution is -2.15. The summed E-state index contributed by atoms with van der Waals surface area (Å²) in [6, 6.07) is 8.59. The molecule has 0 bridgehead atoms. The van der Waals surface area contributed by atoms with Crippen LogP contribution in [0.5, 0.6) is 0 Å². The number of anilines is 1. The fraction of sp³-hybridized carbons (Fsp3) is 0.412. The zero-order valence-electron chi connectivity index (χ0n) is 12.8. The lowest BCUT2D eigenvalue weighted by Gasteiger charge is -2.14. The predicted octanol–water partition coefficient (Wildman–Crippen LogP) is 3.92. The number of nitrogens with one attached hydrogen (secondary N) is 1. The Morgan fingerprint density at radius 2 is 1.81 bits per heavy atom. The number of fused-ring (bicyclic) bond motifs is 1. The first-order valence-electron chi connectivity index (χ1n) is 7.44. The minimum atomic E-state index is 0.513. The fourth-order valence-electron chi connectivity index (χ4n) is 2.60. The number of thioether (sulfide) groups is 1. The van der Waals surface area contributed by atoms with E-state index in [9.17, 15) is 0 Å². The normalized spacial score (nSPS) is 17.8. The van der Waals surface area contributed by atoms with Crippen LogP contribution >= 0.6 is 11.8 Å². The predicted molar refractivity (Wildman–Crippen MR) is 89.1 cm³/mol. The monoisotopic (exact) mass is 299 g/mol. The molecule has 3 rings (SSSR count). The van der Waals surface area contributed by atoms with Crippen molar-refractivity contribution in [1.82, 2.24) is 9.97 Å². The molecule has 1 aliphatic heterocycles. The maximum atomic E-state index is 4.63. The third-order valence-electron chi connectivity index (χ3n) is 4.16. The van der Waals surface area contributed by atoms with Crippen molar-refractivity contribution in [2.75, 3.05) is 11.9 Å². The molecule has 1 aromatic carbocycles. The fourth-order valence-corrected chi connectivity index (χ4v) is 3.68. The number of benzene rings is 1. The van der Waals surface area contributed by atoms with Gasteiger partial charge in [0.2, 0.25) is 0 Å². The minimum Gasteiger partial charge on any atom is -0.384 e. The van der Waals surface area contributed by atoms with Gasteiger partial charge in [-0.05, 0) is 50.8 Å². The molecule has 1 unspecified atom stereocenters. The molecule has 2 aromatic rings. The molecule has 1 aliphatic rings. The summed E-state index contributed by atoms with van der Waals surface area (Å²) in [5, 5.41) is 4.98. The van der Waals surface area contributed by atoms with Crippen molar-refractivity contribution >= 4 is 17.4 Å². The first-order valence-corrected chi connectivity index (χ1v) is 8.31. The molecule has 2 heterocycles. The molecule has 0 spiro atoms. The highest BCUT2D eigenvalue weighted by atomic mass is 32.2. The van der Waals surface area contributed by atoms with Crippen LogP contribution < -0.4 is 5.32 Å². The van der Waals surface area contributed by atoms with E-state index < -0.39 is 0 Å².